The second kappa shape index (κ2) is 9.25. The molecular weight excluding hydrogens is 300 g/mol. The molecule has 0 aromatic rings. The predicted octanol–water partition coefficient (Wildman–Crippen LogP) is 1.93. The average Bonchev–Trinajstić information content (AvgIpc) is 3.11. The Morgan fingerprint density at radius 1 is 1.04 bits per heavy atom. The Hall–Kier alpha value is -1.30. The highest BCUT2D eigenvalue weighted by atomic mass is 15.3. The Bertz CT molecular complexity index is 410. The van der Waals surface area contributed by atoms with Crippen molar-refractivity contribution in [2.45, 2.75) is 44.9 Å². The van der Waals surface area contributed by atoms with Crippen molar-refractivity contribution >= 4 is 11.8 Å². The van der Waals surface area contributed by atoms with Crippen molar-refractivity contribution in [1.29, 1.82) is 10.8 Å². The molecule has 0 aromatic carbocycles. The summed E-state index contributed by atoms with van der Waals surface area (Å²) in [4.78, 5) is 4.09. The molecule has 2 rings (SSSR count). The lowest BCUT2D eigenvalue weighted by Gasteiger charge is -2.38. The van der Waals surface area contributed by atoms with Crippen molar-refractivity contribution in [3.8, 4) is 0 Å². The molecule has 0 aliphatic carbocycles. The van der Waals surface area contributed by atoms with Crippen LogP contribution in [0.25, 0.3) is 0 Å². The Kier molecular flexibility index (Phi) is 7.34. The Morgan fingerprint density at radius 2 is 1.71 bits per heavy atom. The van der Waals surface area contributed by atoms with Crippen molar-refractivity contribution in [3.05, 3.63) is 0 Å². The molecule has 0 spiro atoms. The molecule has 0 atom stereocenters. The minimum atomic E-state index is 0.458. The van der Waals surface area contributed by atoms with Crippen LogP contribution in [0.5, 0.6) is 0 Å². The second-order valence-corrected chi connectivity index (χ2v) is 7.82. The summed E-state index contributed by atoms with van der Waals surface area (Å²) in [6.07, 6.45) is 8.93. The summed E-state index contributed by atoms with van der Waals surface area (Å²) in [6, 6.07) is 0. The maximum Gasteiger partial charge on any atom is 0.191 e. The maximum absolute atomic E-state index is 8.17. The third-order valence-electron chi connectivity index (χ3n) is 5.64. The van der Waals surface area contributed by atoms with Crippen molar-refractivity contribution in [1.82, 2.24) is 15.1 Å². The highest BCUT2D eigenvalue weighted by Gasteiger charge is 2.23. The molecule has 0 radical (unpaired) electrons. The van der Waals surface area contributed by atoms with E-state index in [1.54, 1.807) is 0 Å². The van der Waals surface area contributed by atoms with Crippen LogP contribution >= 0.6 is 0 Å². The number of amidine groups is 1. The van der Waals surface area contributed by atoms with Crippen LogP contribution in [0.15, 0.2) is 0 Å². The molecule has 0 amide bonds. The summed E-state index contributed by atoms with van der Waals surface area (Å²) in [5, 5.41) is 19.3. The molecule has 6 nitrogen and oxygen atoms in total. The molecule has 3 N–H and O–H groups in total. The van der Waals surface area contributed by atoms with Crippen molar-refractivity contribution in [2.75, 3.05) is 59.9 Å². The summed E-state index contributed by atoms with van der Waals surface area (Å²) in [7, 11) is 4.40. The van der Waals surface area contributed by atoms with Crippen LogP contribution in [0.1, 0.15) is 44.9 Å². The van der Waals surface area contributed by atoms with Gasteiger partial charge in [-0.1, -0.05) is 0 Å². The van der Waals surface area contributed by atoms with Gasteiger partial charge >= 0.3 is 0 Å². The number of likely N-dealkylation sites (tertiary alicyclic amines) is 2. The first-order valence-electron chi connectivity index (χ1n) is 9.70. The van der Waals surface area contributed by atoms with Gasteiger partial charge in [-0.25, -0.2) is 0 Å². The molecule has 0 unspecified atom stereocenters. The number of rotatable bonds is 7. The summed E-state index contributed by atoms with van der Waals surface area (Å²) in [6.45, 7) is 7.32. The van der Waals surface area contributed by atoms with Crippen LogP contribution < -0.4 is 5.32 Å². The molecule has 0 saturated carbocycles. The third-order valence-corrected chi connectivity index (χ3v) is 5.64. The van der Waals surface area contributed by atoms with Gasteiger partial charge in [0.05, 0.1) is 33.2 Å². The number of nitrogens with zero attached hydrogens (tertiary/aromatic N) is 3. The fraction of sp³-hybridized carbons (Fsp3) is 0.889. The van der Waals surface area contributed by atoms with Crippen LogP contribution in [0, 0.1) is 10.8 Å². The summed E-state index contributed by atoms with van der Waals surface area (Å²) in [5.74, 6) is 1.06. The first-order chi connectivity index (χ1) is 11.5. The summed E-state index contributed by atoms with van der Waals surface area (Å²) < 4.78 is 1.25. The normalized spacial score (nSPS) is 20.0. The van der Waals surface area contributed by atoms with Gasteiger partial charge in [0.2, 0.25) is 0 Å². The van der Waals surface area contributed by atoms with Crippen molar-refractivity contribution in [2.24, 2.45) is 0 Å². The van der Waals surface area contributed by atoms with E-state index in [9.17, 15) is 0 Å². The molecule has 0 bridgehead atoms. The van der Waals surface area contributed by atoms with Gasteiger partial charge in [0.15, 0.2) is 5.96 Å². The summed E-state index contributed by atoms with van der Waals surface area (Å²) >= 11 is 0. The number of hydrogen-bond acceptors (Lipinski definition) is 2. The first kappa shape index (κ1) is 19.0. The standard InChI is InChI=1S/C18H37N6/c1-22(10-6-9-15-24(2)13-7-3-8-14-24)17(19)16-21-18(20)23-11-4-5-12-23/h19H,3-16H2,1-2H3,(H2,20,21)/q+1. The van der Waals surface area contributed by atoms with Gasteiger partial charge in [0.25, 0.3) is 0 Å². The molecule has 2 aliphatic rings. The van der Waals surface area contributed by atoms with Crippen LogP contribution in [0.3, 0.4) is 0 Å². The van der Waals surface area contributed by atoms with E-state index in [0.717, 1.165) is 26.1 Å². The molecule has 2 fully saturated rings. The van der Waals surface area contributed by atoms with E-state index < -0.39 is 0 Å². The number of guanidine groups is 1. The van der Waals surface area contributed by atoms with Gasteiger partial charge < -0.3 is 19.6 Å². The number of piperidine rings is 1. The monoisotopic (exact) mass is 337 g/mol. The highest BCUT2D eigenvalue weighted by molar-refractivity contribution is 5.86. The molecule has 6 heteroatoms. The quantitative estimate of drug-likeness (QED) is 0.288. The topological polar surface area (TPSA) is 66.2 Å². The predicted molar refractivity (Wildman–Crippen MR) is 101 cm³/mol. The van der Waals surface area contributed by atoms with Gasteiger partial charge in [0, 0.05) is 26.7 Å². The van der Waals surface area contributed by atoms with E-state index in [-0.39, 0.29) is 0 Å². The fourth-order valence-corrected chi connectivity index (χ4v) is 3.83. The van der Waals surface area contributed by atoms with Crippen LogP contribution in [0.4, 0.5) is 0 Å². The number of likely N-dealkylation sites (N-methyl/N-ethyl adjacent to an activating group) is 1. The molecular formula is C18H37N6+. The molecule has 2 aliphatic heterocycles. The average molecular weight is 338 g/mol. The number of hydrogen-bond donors (Lipinski definition) is 3. The smallest absolute Gasteiger partial charge is 0.191 e. The lowest BCUT2D eigenvalue weighted by molar-refractivity contribution is -0.914. The molecule has 138 valence electrons. The van der Waals surface area contributed by atoms with Crippen molar-refractivity contribution in [3.63, 3.8) is 0 Å². The first-order valence-corrected chi connectivity index (χ1v) is 9.70. The van der Waals surface area contributed by atoms with Crippen molar-refractivity contribution < 1.29 is 4.48 Å². The highest BCUT2D eigenvalue weighted by Crippen LogP contribution is 2.17. The van der Waals surface area contributed by atoms with E-state index in [1.165, 1.54) is 62.6 Å². The molecule has 2 heterocycles. The zero-order valence-electron chi connectivity index (χ0n) is 15.7. The summed E-state index contributed by atoms with van der Waals surface area (Å²) in [5.41, 5.74) is 0. The Morgan fingerprint density at radius 3 is 2.38 bits per heavy atom. The number of quaternary nitrogens is 1. The Balaban J connectivity index is 1.56. The van der Waals surface area contributed by atoms with E-state index in [0.29, 0.717) is 18.3 Å². The maximum atomic E-state index is 8.17. The Labute approximate surface area is 147 Å². The van der Waals surface area contributed by atoms with E-state index in [4.69, 9.17) is 10.8 Å². The van der Waals surface area contributed by atoms with Crippen LogP contribution in [0.2, 0.25) is 0 Å². The lowest BCUT2D eigenvalue weighted by Crippen LogP contribution is -2.48. The van der Waals surface area contributed by atoms with E-state index >= 15 is 0 Å². The van der Waals surface area contributed by atoms with Crippen LogP contribution in [-0.2, 0) is 0 Å². The zero-order chi connectivity index (χ0) is 17.4. The molecule has 2 saturated heterocycles. The van der Waals surface area contributed by atoms with Crippen LogP contribution in [-0.4, -0.2) is 86.0 Å². The van der Waals surface area contributed by atoms with Gasteiger partial charge in [0.1, 0.15) is 5.84 Å². The third kappa shape index (κ3) is 5.96. The second-order valence-electron chi connectivity index (χ2n) is 7.82. The van der Waals surface area contributed by atoms with E-state index in [2.05, 4.69) is 17.3 Å². The van der Waals surface area contributed by atoms with Gasteiger partial charge in [-0.15, -0.1) is 0 Å². The SMILES string of the molecule is CN(CCCC[N+]1(C)CCCCC1)C(=N)CNC(=N)N1CCCC1. The minimum Gasteiger partial charge on any atom is -0.362 e. The molecule has 0 aromatic heterocycles. The number of unbranched alkanes of at least 4 members (excludes halogenated alkanes) is 1. The molecule has 24 heavy (non-hydrogen) atoms. The van der Waals surface area contributed by atoms with Gasteiger partial charge in [-0.05, 0) is 44.9 Å². The van der Waals surface area contributed by atoms with Gasteiger partial charge in [-0.3, -0.25) is 10.8 Å². The van der Waals surface area contributed by atoms with Gasteiger partial charge in [-0.2, -0.15) is 0 Å². The number of nitrogens with one attached hydrogen (secondary N) is 3. The fourth-order valence-electron chi connectivity index (χ4n) is 3.83. The zero-order valence-corrected chi connectivity index (χ0v) is 15.7. The minimum absolute atomic E-state index is 0.458. The lowest BCUT2D eigenvalue weighted by atomic mass is 10.1. The largest absolute Gasteiger partial charge is 0.362 e. The van der Waals surface area contributed by atoms with E-state index in [1.807, 2.05) is 11.9 Å².